The molecule has 0 saturated heterocycles. The van der Waals surface area contributed by atoms with Crippen molar-refractivity contribution >= 4 is 16.5 Å². The SMILES string of the molecule is CC=CC=[CH][GeH3]. The standard InChI is InChI=1S/C5H10Ge/c1-2-3-4-5-6/h2-5H,1,6H3. The molecule has 0 aliphatic rings. The zero-order chi connectivity index (χ0) is 4.83. The van der Waals surface area contributed by atoms with E-state index in [0.29, 0.717) is 0 Å². The minimum atomic E-state index is 0.881. The molecule has 0 aromatic rings. The first-order chi connectivity index (χ1) is 2.91. The zero-order valence-corrected chi connectivity index (χ0v) is 8.51. The summed E-state index contributed by atoms with van der Waals surface area (Å²) in [5, 5.41) is 0. The fourth-order valence-electron chi connectivity index (χ4n) is 0.222. The van der Waals surface area contributed by atoms with Crippen LogP contribution in [0.5, 0.6) is 0 Å². The van der Waals surface area contributed by atoms with Gasteiger partial charge in [0.05, 0.1) is 0 Å². The van der Waals surface area contributed by atoms with E-state index in [0.717, 1.165) is 16.5 Å². The van der Waals surface area contributed by atoms with Crippen LogP contribution in [0.25, 0.3) is 0 Å². The van der Waals surface area contributed by atoms with E-state index in [1.807, 2.05) is 19.1 Å². The summed E-state index contributed by atoms with van der Waals surface area (Å²) in [4.78, 5) is 2.19. The Morgan fingerprint density at radius 1 is 1.33 bits per heavy atom. The molecule has 0 N–H and O–H groups in total. The summed E-state index contributed by atoms with van der Waals surface area (Å²) in [6.45, 7) is 2.02. The van der Waals surface area contributed by atoms with Gasteiger partial charge in [0.25, 0.3) is 0 Å². The van der Waals surface area contributed by atoms with Gasteiger partial charge in [-0.15, -0.1) is 0 Å². The van der Waals surface area contributed by atoms with Crippen LogP contribution in [0.3, 0.4) is 0 Å². The minimum absolute atomic E-state index is 0.881. The molecule has 0 aliphatic carbocycles. The third-order valence-electron chi connectivity index (χ3n) is 0.496. The summed E-state index contributed by atoms with van der Waals surface area (Å²) >= 11 is 0.881. The Hall–Kier alpha value is 0.0229. The van der Waals surface area contributed by atoms with Crippen molar-refractivity contribution in [2.75, 3.05) is 0 Å². The van der Waals surface area contributed by atoms with Gasteiger partial charge in [0.2, 0.25) is 0 Å². The molecule has 0 bridgehead atoms. The molecular formula is C5H10Ge. The number of rotatable bonds is 1. The summed E-state index contributed by atoms with van der Waals surface area (Å²) in [6, 6.07) is 0. The van der Waals surface area contributed by atoms with Crippen molar-refractivity contribution in [3.05, 3.63) is 23.1 Å². The Balaban J connectivity index is 3.07. The molecule has 0 spiro atoms. The van der Waals surface area contributed by atoms with Gasteiger partial charge in [0, 0.05) is 0 Å². The third kappa shape index (κ3) is 4.02. The molecule has 1 heteroatoms. The van der Waals surface area contributed by atoms with Crippen molar-refractivity contribution < 1.29 is 0 Å². The monoisotopic (exact) mass is 144 g/mol. The van der Waals surface area contributed by atoms with Gasteiger partial charge in [0.15, 0.2) is 0 Å². The fourth-order valence-corrected chi connectivity index (χ4v) is 0.688. The Morgan fingerprint density at radius 2 is 2.00 bits per heavy atom. The van der Waals surface area contributed by atoms with Crippen molar-refractivity contribution in [1.82, 2.24) is 0 Å². The zero-order valence-electron chi connectivity index (χ0n) is 4.31. The number of allylic oxidation sites excluding steroid dienone is 3. The predicted molar refractivity (Wildman–Crippen MR) is 33.9 cm³/mol. The van der Waals surface area contributed by atoms with Crippen LogP contribution in [-0.2, 0) is 0 Å². The van der Waals surface area contributed by atoms with Crippen LogP contribution in [0.15, 0.2) is 23.1 Å². The van der Waals surface area contributed by atoms with Gasteiger partial charge in [-0.05, 0) is 0 Å². The molecule has 0 radical (unpaired) electrons. The van der Waals surface area contributed by atoms with E-state index in [1.165, 1.54) is 0 Å². The molecule has 6 heavy (non-hydrogen) atoms. The second-order valence-electron chi connectivity index (χ2n) is 1.05. The molecule has 34 valence electrons. The Morgan fingerprint density at radius 3 is 2.17 bits per heavy atom. The van der Waals surface area contributed by atoms with Crippen LogP contribution < -0.4 is 0 Å². The van der Waals surface area contributed by atoms with Crippen LogP contribution in [-0.4, -0.2) is 16.5 Å². The van der Waals surface area contributed by atoms with E-state index in [9.17, 15) is 0 Å². The Bertz CT molecular complexity index is 52.3. The summed E-state index contributed by atoms with van der Waals surface area (Å²) in [5.74, 6) is 0. The Labute approximate surface area is 47.2 Å². The summed E-state index contributed by atoms with van der Waals surface area (Å²) in [5.41, 5.74) is 0. The first-order valence-corrected chi connectivity index (χ1v) is 4.58. The molecule has 0 amide bonds. The molecule has 0 unspecified atom stereocenters. The van der Waals surface area contributed by atoms with E-state index < -0.39 is 0 Å². The molecule has 0 aromatic heterocycles. The number of hydrogen-bond donors (Lipinski definition) is 0. The molecule has 0 rings (SSSR count). The molecule has 0 nitrogen and oxygen atoms in total. The molecule has 0 fully saturated rings. The molecule has 0 atom stereocenters. The normalized spacial score (nSPS) is 12.2. The average molecular weight is 143 g/mol. The van der Waals surface area contributed by atoms with Crippen molar-refractivity contribution in [2.24, 2.45) is 0 Å². The Kier molecular flexibility index (Phi) is 5.04. The maximum absolute atomic E-state index is 2.19. The molecular weight excluding hydrogens is 133 g/mol. The van der Waals surface area contributed by atoms with Gasteiger partial charge >= 0.3 is 46.6 Å². The van der Waals surface area contributed by atoms with Crippen molar-refractivity contribution in [3.63, 3.8) is 0 Å². The average Bonchev–Trinajstić information content (AvgIpc) is 1.61. The van der Waals surface area contributed by atoms with Gasteiger partial charge in [-0.25, -0.2) is 0 Å². The van der Waals surface area contributed by atoms with Crippen molar-refractivity contribution in [3.8, 4) is 0 Å². The second kappa shape index (κ2) is 5.02. The van der Waals surface area contributed by atoms with Crippen LogP contribution in [0, 0.1) is 0 Å². The fraction of sp³-hybridized carbons (Fsp3) is 0.200. The summed E-state index contributed by atoms with van der Waals surface area (Å²) in [7, 11) is 0. The van der Waals surface area contributed by atoms with E-state index in [4.69, 9.17) is 0 Å². The van der Waals surface area contributed by atoms with Gasteiger partial charge in [-0.2, -0.15) is 0 Å². The van der Waals surface area contributed by atoms with Crippen LogP contribution in [0.2, 0.25) is 0 Å². The van der Waals surface area contributed by atoms with E-state index in [2.05, 4.69) is 11.0 Å². The predicted octanol–water partition coefficient (Wildman–Crippen LogP) is 0.442. The first kappa shape index (κ1) is 6.02. The topological polar surface area (TPSA) is 0 Å². The van der Waals surface area contributed by atoms with Crippen LogP contribution in [0.4, 0.5) is 0 Å². The van der Waals surface area contributed by atoms with E-state index in [1.54, 1.807) is 0 Å². The second-order valence-corrected chi connectivity index (χ2v) is 2.45. The van der Waals surface area contributed by atoms with Crippen molar-refractivity contribution in [2.45, 2.75) is 6.92 Å². The van der Waals surface area contributed by atoms with E-state index in [-0.39, 0.29) is 0 Å². The van der Waals surface area contributed by atoms with Crippen molar-refractivity contribution in [1.29, 1.82) is 0 Å². The van der Waals surface area contributed by atoms with Gasteiger partial charge in [-0.3, -0.25) is 0 Å². The van der Waals surface area contributed by atoms with Gasteiger partial charge in [-0.1, -0.05) is 0 Å². The molecule has 0 aromatic carbocycles. The van der Waals surface area contributed by atoms with Crippen LogP contribution in [0.1, 0.15) is 6.92 Å². The van der Waals surface area contributed by atoms with Gasteiger partial charge < -0.3 is 0 Å². The summed E-state index contributed by atoms with van der Waals surface area (Å²) < 4.78 is 0. The third-order valence-corrected chi connectivity index (χ3v) is 1.30. The molecule has 0 heterocycles. The maximum atomic E-state index is 2.19. The summed E-state index contributed by atoms with van der Waals surface area (Å²) in [6.07, 6.45) is 6.16. The van der Waals surface area contributed by atoms with Gasteiger partial charge in [0.1, 0.15) is 0 Å². The molecule has 0 saturated carbocycles. The number of hydrogen-bond acceptors (Lipinski definition) is 0. The van der Waals surface area contributed by atoms with Crippen LogP contribution >= 0.6 is 0 Å². The first-order valence-electron chi connectivity index (χ1n) is 2.15. The quantitative estimate of drug-likeness (QED) is 0.369. The van der Waals surface area contributed by atoms with E-state index >= 15 is 0 Å². The molecule has 0 aliphatic heterocycles.